The van der Waals surface area contributed by atoms with Gasteiger partial charge in [-0.25, -0.2) is 4.79 Å². The van der Waals surface area contributed by atoms with Crippen molar-refractivity contribution in [2.45, 2.75) is 84.9 Å². The van der Waals surface area contributed by atoms with Gasteiger partial charge in [0.25, 0.3) is 11.8 Å². The van der Waals surface area contributed by atoms with Crippen LogP contribution in [-0.2, 0) is 45.2 Å². The van der Waals surface area contributed by atoms with E-state index < -0.39 is 54.2 Å². The zero-order valence-electron chi connectivity index (χ0n) is 38.1. The number of hydrogen-bond donors (Lipinski definition) is 6. The third-order valence-corrected chi connectivity index (χ3v) is 11.0. The molecule has 0 unspecified atom stereocenters. The van der Waals surface area contributed by atoms with Gasteiger partial charge in [0.2, 0.25) is 23.1 Å². The molecule has 24 nitrogen and oxygen atoms in total. The second kappa shape index (κ2) is 20.5. The maximum Gasteiger partial charge on any atom is 0.335 e. The molecule has 1 aliphatic heterocycles. The second-order valence-corrected chi connectivity index (χ2v) is 15.6. The number of aliphatic hydroxyl groups is 1. The van der Waals surface area contributed by atoms with E-state index >= 15 is 0 Å². The van der Waals surface area contributed by atoms with Crippen molar-refractivity contribution in [1.82, 2.24) is 38.7 Å². The molecular weight excluding hydrogens is 889 g/mol. The molecule has 4 aromatic heterocycles. The van der Waals surface area contributed by atoms with E-state index in [9.17, 15) is 34.2 Å². The predicted molar refractivity (Wildman–Crippen MR) is 240 cm³/mol. The Morgan fingerprint density at radius 2 is 1.28 bits per heavy atom. The lowest BCUT2D eigenvalue weighted by molar-refractivity contribution is -0.176. The third kappa shape index (κ3) is 9.88. The van der Waals surface area contributed by atoms with Gasteiger partial charge in [-0.2, -0.15) is 20.2 Å². The monoisotopic (exact) mass is 940 g/mol. The van der Waals surface area contributed by atoms with Gasteiger partial charge in [-0.15, -0.1) is 0 Å². The highest BCUT2D eigenvalue weighted by molar-refractivity contribution is 5.99. The molecule has 0 bridgehead atoms. The number of aliphatic carboxylic acids is 1. The maximum absolute atomic E-state index is 13.8. The number of carboxylic acid groups (broad SMARTS) is 1. The van der Waals surface area contributed by atoms with Crippen LogP contribution in [0.2, 0.25) is 0 Å². The fourth-order valence-corrected chi connectivity index (χ4v) is 7.88. The summed E-state index contributed by atoms with van der Waals surface area (Å²) in [4.78, 5) is 79.1. The number of aliphatic hydroxyl groups excluding tert-OH is 1. The van der Waals surface area contributed by atoms with E-state index in [1.54, 1.807) is 51.9 Å². The summed E-state index contributed by atoms with van der Waals surface area (Å²) in [5.41, 5.74) is 15.3. The van der Waals surface area contributed by atoms with Crippen molar-refractivity contribution in [3.63, 3.8) is 0 Å². The number of fused-ring (bicyclic) bond motifs is 2. The summed E-state index contributed by atoms with van der Waals surface area (Å²) in [7, 11) is 2.74. The summed E-state index contributed by atoms with van der Waals surface area (Å²) in [5, 5.41) is 28.7. The van der Waals surface area contributed by atoms with Crippen molar-refractivity contribution in [3.8, 4) is 11.5 Å². The summed E-state index contributed by atoms with van der Waals surface area (Å²) < 4.78 is 34.6. The number of primary amides is 2. The van der Waals surface area contributed by atoms with Gasteiger partial charge >= 0.3 is 5.97 Å². The maximum atomic E-state index is 13.8. The van der Waals surface area contributed by atoms with Crippen LogP contribution in [0.4, 0.5) is 0 Å². The first-order valence-electron chi connectivity index (χ1n) is 21.5. The van der Waals surface area contributed by atoms with Gasteiger partial charge in [-0.1, -0.05) is 12.2 Å². The van der Waals surface area contributed by atoms with Crippen molar-refractivity contribution in [1.29, 1.82) is 0 Å². The number of H-pyrrole nitrogens is 2. The van der Waals surface area contributed by atoms with Gasteiger partial charge < -0.3 is 64.5 Å². The molecular formula is C44H52N12O12. The molecule has 0 aliphatic carbocycles. The lowest BCUT2D eigenvalue weighted by Gasteiger charge is -2.19. The molecule has 6 aromatic rings. The molecule has 7 rings (SSSR count). The number of aromatic nitrogens is 8. The molecule has 360 valence electrons. The van der Waals surface area contributed by atoms with Gasteiger partial charge in [0.15, 0.2) is 12.4 Å². The van der Waals surface area contributed by atoms with E-state index in [4.69, 9.17) is 35.2 Å². The minimum atomic E-state index is -1.53. The van der Waals surface area contributed by atoms with Crippen LogP contribution in [-0.4, -0.2) is 131 Å². The zero-order valence-corrected chi connectivity index (χ0v) is 38.1. The largest absolute Gasteiger partial charge is 0.494 e. The molecule has 4 atom stereocenters. The van der Waals surface area contributed by atoms with E-state index in [0.717, 1.165) is 0 Å². The van der Waals surface area contributed by atoms with Crippen LogP contribution in [0, 0.1) is 13.8 Å². The molecule has 0 spiro atoms. The fourth-order valence-electron chi connectivity index (χ4n) is 7.88. The van der Waals surface area contributed by atoms with Crippen LogP contribution < -0.4 is 32.2 Å². The van der Waals surface area contributed by atoms with Crippen LogP contribution in [0.3, 0.4) is 0 Å². The summed E-state index contributed by atoms with van der Waals surface area (Å²) >= 11 is 0. The standard InChI is InChI=1S/C44H52N12O12/c1-7-55-28(16-22(3)51-55)39(60)49-43-47-26-18-24(37(45)58)20-30(64-5)32(26)53(43)12-9-10-13-54-33-27(48-44(54)50-40(61)29-17-23(4)52-56(29)8-2)19-25(38(46)59)21-31(33)66-14-11-15-67-36-34(57)35(41(62)63)68-42(36)65-6/h9-10,16-21,34-36,42,57H,7-8,11-15H2,1-6H3,(H2,45,58)(H2,46,59)(H,62,63)(H,47,49,60)(H,48,50,61)/b10-9+/t34-,35+,36-,42-/m1/s1. The van der Waals surface area contributed by atoms with Crippen LogP contribution in [0.15, 0.2) is 58.5 Å². The Morgan fingerprint density at radius 1 is 0.779 bits per heavy atom. The van der Waals surface area contributed by atoms with E-state index in [0.29, 0.717) is 46.5 Å². The number of allylic oxidation sites excluding steroid dienone is 2. The van der Waals surface area contributed by atoms with Crippen LogP contribution >= 0.6 is 0 Å². The minimum Gasteiger partial charge on any atom is -0.494 e. The lowest BCUT2D eigenvalue weighted by atomic mass is 10.1. The molecule has 24 heteroatoms. The summed E-state index contributed by atoms with van der Waals surface area (Å²) in [5.74, 6) is -3.51. The Bertz CT molecular complexity index is 3090. The molecule has 4 amide bonds. The lowest BCUT2D eigenvalue weighted by Crippen LogP contribution is -2.38. The molecule has 2 aromatic carbocycles. The van der Waals surface area contributed by atoms with Crippen LogP contribution in [0.25, 0.3) is 22.1 Å². The first kappa shape index (κ1) is 48.3. The number of methoxy groups -OCH3 is 2. The molecule has 1 fully saturated rings. The number of rotatable bonds is 19. The second-order valence-electron chi connectivity index (χ2n) is 15.6. The highest BCUT2D eigenvalue weighted by atomic mass is 16.7. The number of hydrogen-bond acceptors (Lipinski definition) is 13. The number of carbonyl (C=O) groups excluding carboxylic acids is 4. The number of ether oxygens (including phenoxy) is 5. The SMILES string of the molecule is CCn1nc(C)cc1C(=O)/N=c1/[nH]c2cc(C(N)=O)cc(OC)c2n1C/C=C/Cn1/c(=N/C(=O)c2cc(C)nn2CC)[nH]c2cc(C(N)=O)cc(OCCCO[C@H]3[C@H](OC)O[C@H](C(=O)O)[C@H]3O)c21. The number of carboxylic acids is 1. The van der Waals surface area contributed by atoms with Gasteiger partial charge in [-0.05, 0) is 64.1 Å². The normalized spacial score (nSPS) is 17.8. The topological polar surface area (TPSA) is 326 Å². The molecule has 8 N–H and O–H groups in total. The number of nitrogens with two attached hydrogens (primary N) is 2. The Kier molecular flexibility index (Phi) is 14.5. The first-order valence-corrected chi connectivity index (χ1v) is 21.5. The van der Waals surface area contributed by atoms with Gasteiger partial charge in [0.1, 0.15) is 46.1 Å². The van der Waals surface area contributed by atoms with E-state index in [-0.39, 0.29) is 78.0 Å². The number of nitrogens with one attached hydrogen (secondary N) is 2. The fraction of sp³-hybridized carbons (Fsp3) is 0.386. The molecule has 1 aliphatic rings. The van der Waals surface area contributed by atoms with Crippen molar-refractivity contribution in [2.75, 3.05) is 27.4 Å². The number of imidazole rings is 2. The van der Waals surface area contributed by atoms with Crippen molar-refractivity contribution in [3.05, 3.63) is 93.7 Å². The molecule has 0 radical (unpaired) electrons. The highest BCUT2D eigenvalue weighted by Gasteiger charge is 2.48. The highest BCUT2D eigenvalue weighted by Crippen LogP contribution is 2.29. The minimum absolute atomic E-state index is 0.00248. The van der Waals surface area contributed by atoms with Gasteiger partial charge in [0, 0.05) is 50.8 Å². The van der Waals surface area contributed by atoms with Gasteiger partial charge in [0.05, 0.1) is 42.7 Å². The van der Waals surface area contributed by atoms with E-state index in [2.05, 4.69) is 30.2 Å². The van der Waals surface area contributed by atoms with Crippen molar-refractivity contribution in [2.24, 2.45) is 21.5 Å². The Balaban J connectivity index is 1.26. The smallest absolute Gasteiger partial charge is 0.335 e. The Labute approximate surface area is 386 Å². The number of aromatic amines is 2. The number of benzene rings is 2. The van der Waals surface area contributed by atoms with E-state index in [1.807, 2.05) is 13.8 Å². The summed E-state index contributed by atoms with van der Waals surface area (Å²) in [6, 6.07) is 9.26. The van der Waals surface area contributed by atoms with Gasteiger partial charge in [-0.3, -0.25) is 28.5 Å². The number of carbonyl (C=O) groups is 5. The van der Waals surface area contributed by atoms with E-state index in [1.165, 1.54) is 43.2 Å². The molecule has 68 heavy (non-hydrogen) atoms. The summed E-state index contributed by atoms with van der Waals surface area (Å²) in [6.45, 7) is 8.22. The van der Waals surface area contributed by atoms with Crippen molar-refractivity contribution >= 4 is 51.7 Å². The Hall–Kier alpha value is -7.67. The zero-order chi connectivity index (χ0) is 49.0. The van der Waals surface area contributed by atoms with Crippen LogP contribution in [0.1, 0.15) is 73.3 Å². The average molecular weight is 941 g/mol. The first-order chi connectivity index (χ1) is 32.6. The average Bonchev–Trinajstić information content (AvgIpc) is 4.12. The number of aryl methyl sites for hydroxylation is 4. The summed E-state index contributed by atoms with van der Waals surface area (Å²) in [6.07, 6.45) is -1.44. The number of nitrogens with zero attached hydrogens (tertiary/aromatic N) is 8. The molecule has 0 saturated carbocycles. The Morgan fingerprint density at radius 3 is 1.74 bits per heavy atom. The van der Waals surface area contributed by atoms with Crippen LogP contribution in [0.5, 0.6) is 11.5 Å². The number of amides is 4. The predicted octanol–water partition coefficient (Wildman–Crippen LogP) is 1.22. The molecule has 5 heterocycles. The van der Waals surface area contributed by atoms with Crippen molar-refractivity contribution < 1.29 is 57.9 Å². The molecule has 1 saturated heterocycles. The quantitative estimate of drug-likeness (QED) is 0.0492. The third-order valence-electron chi connectivity index (χ3n) is 11.0.